The maximum Gasteiger partial charge on any atom is 0.290 e. The molecular formula is C26H22FN5O3S. The van der Waals surface area contributed by atoms with Crippen LogP contribution in [0.15, 0.2) is 47.5 Å². The number of amides is 2. The Balaban J connectivity index is 1.52. The van der Waals surface area contributed by atoms with Gasteiger partial charge in [0, 0.05) is 49.9 Å². The van der Waals surface area contributed by atoms with E-state index in [1.165, 1.54) is 12.3 Å². The lowest BCUT2D eigenvalue weighted by Crippen LogP contribution is -2.47. The molecule has 2 aromatic carbocycles. The van der Waals surface area contributed by atoms with Crippen LogP contribution in [0.25, 0.3) is 28.1 Å². The minimum atomic E-state index is -0.455. The number of pyridine rings is 1. The van der Waals surface area contributed by atoms with E-state index in [1.807, 2.05) is 4.90 Å². The van der Waals surface area contributed by atoms with Gasteiger partial charge in [-0.2, -0.15) is 5.26 Å². The van der Waals surface area contributed by atoms with Crippen LogP contribution in [-0.4, -0.2) is 65.5 Å². The number of carbonyl (C=O) groups excluding carboxylic acids is 2. The number of halogens is 1. The van der Waals surface area contributed by atoms with E-state index in [4.69, 9.17) is 5.11 Å². The number of carbonyl (C=O) groups is 2. The molecule has 8 nitrogen and oxygen atoms in total. The summed E-state index contributed by atoms with van der Waals surface area (Å²) in [6, 6.07) is 12.5. The van der Waals surface area contributed by atoms with E-state index >= 15 is 4.39 Å². The Labute approximate surface area is 211 Å². The van der Waals surface area contributed by atoms with Crippen molar-refractivity contribution in [2.45, 2.75) is 0 Å². The maximum atomic E-state index is 15.3. The Morgan fingerprint density at radius 3 is 2.64 bits per heavy atom. The molecule has 3 aromatic rings. The van der Waals surface area contributed by atoms with E-state index < -0.39 is 11.1 Å². The number of benzene rings is 2. The number of nitrogens with one attached hydrogen (secondary N) is 1. The summed E-state index contributed by atoms with van der Waals surface area (Å²) in [6.07, 6.45) is 3.08. The van der Waals surface area contributed by atoms with E-state index in [1.54, 1.807) is 36.4 Å². The van der Waals surface area contributed by atoms with Crippen molar-refractivity contribution in [2.75, 3.05) is 44.2 Å². The number of aliphatic hydroxyl groups is 1. The molecule has 0 atom stereocenters. The summed E-state index contributed by atoms with van der Waals surface area (Å²) in [5, 5.41) is 21.4. The molecular weight excluding hydrogens is 481 g/mol. The second-order valence-electron chi connectivity index (χ2n) is 8.51. The van der Waals surface area contributed by atoms with Gasteiger partial charge in [0.1, 0.15) is 11.9 Å². The molecule has 0 aliphatic carbocycles. The van der Waals surface area contributed by atoms with Gasteiger partial charge in [-0.3, -0.25) is 24.8 Å². The fourth-order valence-corrected chi connectivity index (χ4v) is 5.22. The number of nitrogens with zero attached hydrogens (tertiary/aromatic N) is 4. The summed E-state index contributed by atoms with van der Waals surface area (Å²) < 4.78 is 15.3. The standard InChI is InChI=1S/C26H22FN5O3S/c27-20-13-17(2-4-22(20)32-7-5-31(6-8-32)9-10-33)24-18(14-28)15-29-21-3-1-16(11-19(21)24)12-23-25(34)30-26(35)36-23/h1-4,11-13,15,33H,5-10H2,(H,30,34,35)/b23-12-. The van der Waals surface area contributed by atoms with Crippen LogP contribution in [0, 0.1) is 17.1 Å². The number of anilines is 1. The molecule has 0 saturated carbocycles. The van der Waals surface area contributed by atoms with Crippen molar-refractivity contribution in [3.05, 3.63) is 64.4 Å². The zero-order valence-electron chi connectivity index (χ0n) is 19.2. The minimum absolute atomic E-state index is 0.104. The molecule has 2 aliphatic rings. The van der Waals surface area contributed by atoms with Crippen molar-refractivity contribution >= 4 is 45.6 Å². The van der Waals surface area contributed by atoms with Crippen molar-refractivity contribution in [3.63, 3.8) is 0 Å². The highest BCUT2D eigenvalue weighted by Crippen LogP contribution is 2.35. The van der Waals surface area contributed by atoms with E-state index in [0.717, 1.165) is 24.9 Å². The molecule has 2 aliphatic heterocycles. The Kier molecular flexibility index (Phi) is 6.69. The normalized spacial score (nSPS) is 17.6. The van der Waals surface area contributed by atoms with Crippen molar-refractivity contribution in [2.24, 2.45) is 0 Å². The Bertz CT molecular complexity index is 1440. The third kappa shape index (κ3) is 4.68. The van der Waals surface area contributed by atoms with E-state index in [2.05, 4.69) is 21.3 Å². The van der Waals surface area contributed by atoms with Crippen LogP contribution >= 0.6 is 11.8 Å². The highest BCUT2D eigenvalue weighted by Gasteiger charge is 2.25. The largest absolute Gasteiger partial charge is 0.395 e. The maximum absolute atomic E-state index is 15.3. The molecule has 0 unspecified atom stereocenters. The average Bonchev–Trinajstić information content (AvgIpc) is 3.20. The number of fused-ring (bicyclic) bond motifs is 1. The Morgan fingerprint density at radius 2 is 1.97 bits per heavy atom. The Morgan fingerprint density at radius 1 is 1.17 bits per heavy atom. The van der Waals surface area contributed by atoms with Gasteiger partial charge in [-0.05, 0) is 53.2 Å². The van der Waals surface area contributed by atoms with Gasteiger partial charge in [0.25, 0.3) is 11.1 Å². The summed E-state index contributed by atoms with van der Waals surface area (Å²) in [5.41, 5.74) is 3.19. The van der Waals surface area contributed by atoms with Gasteiger partial charge in [-0.1, -0.05) is 12.1 Å². The summed E-state index contributed by atoms with van der Waals surface area (Å²) in [6.45, 7) is 3.52. The molecule has 0 spiro atoms. The molecule has 5 rings (SSSR count). The van der Waals surface area contributed by atoms with Crippen LogP contribution in [-0.2, 0) is 4.79 Å². The number of rotatable bonds is 5. The molecule has 2 saturated heterocycles. The first-order valence-electron chi connectivity index (χ1n) is 11.4. The molecule has 0 bridgehead atoms. The third-order valence-corrected chi connectivity index (χ3v) is 7.13. The van der Waals surface area contributed by atoms with E-state index in [9.17, 15) is 14.9 Å². The number of piperazine rings is 1. The molecule has 0 radical (unpaired) electrons. The molecule has 10 heteroatoms. The predicted octanol–water partition coefficient (Wildman–Crippen LogP) is 3.35. The van der Waals surface area contributed by atoms with E-state index in [-0.39, 0.29) is 17.3 Å². The SMILES string of the molecule is N#Cc1cnc2ccc(/C=C3\SC(=O)NC3=O)cc2c1-c1ccc(N2CCN(CCO)CC2)c(F)c1. The highest BCUT2D eigenvalue weighted by molar-refractivity contribution is 8.18. The molecule has 2 fully saturated rings. The summed E-state index contributed by atoms with van der Waals surface area (Å²) >= 11 is 0.826. The second kappa shape index (κ2) is 10.1. The molecule has 2 N–H and O–H groups in total. The van der Waals surface area contributed by atoms with Gasteiger partial charge in [0.2, 0.25) is 0 Å². The monoisotopic (exact) mass is 503 g/mol. The zero-order valence-corrected chi connectivity index (χ0v) is 20.0. The van der Waals surface area contributed by atoms with Crippen molar-refractivity contribution in [1.82, 2.24) is 15.2 Å². The second-order valence-corrected chi connectivity index (χ2v) is 9.52. The first kappa shape index (κ1) is 23.9. The number of hydrogen-bond acceptors (Lipinski definition) is 8. The summed E-state index contributed by atoms with van der Waals surface area (Å²) in [4.78, 5) is 32.2. The fraction of sp³-hybridized carbons (Fsp3) is 0.231. The minimum Gasteiger partial charge on any atom is -0.395 e. The zero-order chi connectivity index (χ0) is 25.2. The first-order valence-corrected chi connectivity index (χ1v) is 12.2. The van der Waals surface area contributed by atoms with Gasteiger partial charge in [-0.15, -0.1) is 0 Å². The van der Waals surface area contributed by atoms with Gasteiger partial charge in [-0.25, -0.2) is 4.39 Å². The average molecular weight is 504 g/mol. The topological polar surface area (TPSA) is 110 Å². The number of aliphatic hydroxyl groups excluding tert-OH is 1. The lowest BCUT2D eigenvalue weighted by atomic mass is 9.95. The highest BCUT2D eigenvalue weighted by atomic mass is 32.2. The summed E-state index contributed by atoms with van der Waals surface area (Å²) in [5.74, 6) is -0.836. The van der Waals surface area contributed by atoms with Crippen LogP contribution in [0.5, 0.6) is 0 Å². The first-order chi connectivity index (χ1) is 17.5. The molecule has 3 heterocycles. The smallest absolute Gasteiger partial charge is 0.290 e. The van der Waals surface area contributed by atoms with E-state index in [0.29, 0.717) is 58.5 Å². The van der Waals surface area contributed by atoms with Crippen molar-refractivity contribution < 1.29 is 19.1 Å². The van der Waals surface area contributed by atoms with Crippen LogP contribution in [0.1, 0.15) is 11.1 Å². The van der Waals surface area contributed by atoms with Crippen LogP contribution in [0.2, 0.25) is 0 Å². The number of nitriles is 1. The lowest BCUT2D eigenvalue weighted by Gasteiger charge is -2.36. The Hall–Kier alpha value is -3.78. The van der Waals surface area contributed by atoms with Gasteiger partial charge >= 0.3 is 0 Å². The van der Waals surface area contributed by atoms with Gasteiger partial charge in [0.05, 0.1) is 28.3 Å². The number of β-amino-alcohol motifs (C(OH)–C–C–N with tert-alkyl or cyclic N) is 1. The van der Waals surface area contributed by atoms with Crippen molar-refractivity contribution in [1.29, 1.82) is 5.26 Å². The van der Waals surface area contributed by atoms with Crippen LogP contribution in [0.4, 0.5) is 14.9 Å². The number of imide groups is 1. The molecule has 36 heavy (non-hydrogen) atoms. The number of thioether (sulfide) groups is 1. The lowest BCUT2D eigenvalue weighted by molar-refractivity contribution is -0.115. The molecule has 182 valence electrons. The number of aromatic nitrogens is 1. The van der Waals surface area contributed by atoms with Gasteiger partial charge < -0.3 is 10.0 Å². The quantitative estimate of drug-likeness (QED) is 0.510. The number of hydrogen-bond donors (Lipinski definition) is 2. The molecule has 2 amide bonds. The fourth-order valence-electron chi connectivity index (χ4n) is 4.54. The predicted molar refractivity (Wildman–Crippen MR) is 137 cm³/mol. The summed E-state index contributed by atoms with van der Waals surface area (Å²) in [7, 11) is 0. The third-order valence-electron chi connectivity index (χ3n) is 6.32. The van der Waals surface area contributed by atoms with Crippen molar-refractivity contribution in [3.8, 4) is 17.2 Å². The molecule has 1 aromatic heterocycles. The van der Waals surface area contributed by atoms with Gasteiger partial charge in [0.15, 0.2) is 0 Å². The van der Waals surface area contributed by atoms with Crippen LogP contribution < -0.4 is 10.2 Å². The van der Waals surface area contributed by atoms with Crippen LogP contribution in [0.3, 0.4) is 0 Å².